The van der Waals surface area contributed by atoms with E-state index in [4.69, 9.17) is 0 Å². The third kappa shape index (κ3) is 3.61. The number of aromatic nitrogens is 3. The van der Waals surface area contributed by atoms with Crippen molar-refractivity contribution in [2.75, 3.05) is 0 Å². The molecule has 7 heteroatoms. The van der Waals surface area contributed by atoms with Gasteiger partial charge in [0.1, 0.15) is 6.54 Å². The molecule has 0 saturated heterocycles. The molecular weight excluding hydrogens is 362 g/mol. The lowest BCUT2D eigenvalue weighted by Crippen LogP contribution is -2.30. The molecule has 1 aliphatic carbocycles. The Balaban J connectivity index is 1.62. The minimum absolute atomic E-state index is 0.0475. The summed E-state index contributed by atoms with van der Waals surface area (Å²) in [5.41, 5.74) is 2.44. The Labute approximate surface area is 161 Å². The van der Waals surface area contributed by atoms with Gasteiger partial charge in [0.2, 0.25) is 5.91 Å². The molecule has 1 aromatic carbocycles. The van der Waals surface area contributed by atoms with Crippen LogP contribution in [-0.2, 0) is 11.3 Å². The van der Waals surface area contributed by atoms with Crippen molar-refractivity contribution in [1.82, 2.24) is 20.1 Å². The molecule has 2 aromatic heterocycles. The predicted molar refractivity (Wildman–Crippen MR) is 102 cm³/mol. The van der Waals surface area contributed by atoms with E-state index in [1.807, 2.05) is 37.3 Å². The Hall–Kier alpha value is -2.83. The number of rotatable bonds is 6. The van der Waals surface area contributed by atoms with Gasteiger partial charge in [0.25, 0.3) is 6.43 Å². The van der Waals surface area contributed by atoms with Crippen LogP contribution in [0.15, 0.2) is 36.4 Å². The smallest absolute Gasteiger partial charge is 0.264 e. The molecule has 0 radical (unpaired) electrons. The molecule has 0 spiro atoms. The zero-order chi connectivity index (χ0) is 19.8. The minimum atomic E-state index is -2.61. The minimum Gasteiger partial charge on any atom is -0.348 e. The van der Waals surface area contributed by atoms with Gasteiger partial charge in [-0.05, 0) is 38.3 Å². The maximum atomic E-state index is 13.6. The fourth-order valence-corrected chi connectivity index (χ4v) is 3.53. The van der Waals surface area contributed by atoms with Gasteiger partial charge in [0.05, 0.1) is 17.1 Å². The standard InChI is InChI=1S/C21H22F2N4O/c1-12(14-6-4-3-5-7-14)24-18(28)11-27-21-19(13(2)26-27)16(20(22)23)10-17(25-21)15-8-9-15/h3-7,10,12,15,20H,8-9,11H2,1-2H3,(H,24,28). The Morgan fingerprint density at radius 3 is 2.64 bits per heavy atom. The highest BCUT2D eigenvalue weighted by Crippen LogP contribution is 2.41. The normalized spacial score (nSPS) is 15.2. The highest BCUT2D eigenvalue weighted by atomic mass is 19.3. The molecule has 0 bridgehead atoms. The van der Waals surface area contributed by atoms with Crippen molar-refractivity contribution in [1.29, 1.82) is 0 Å². The summed E-state index contributed by atoms with van der Waals surface area (Å²) in [6.45, 7) is 3.51. The van der Waals surface area contributed by atoms with Gasteiger partial charge >= 0.3 is 0 Å². The van der Waals surface area contributed by atoms with E-state index in [-0.39, 0.29) is 30.0 Å². The summed E-state index contributed by atoms with van der Waals surface area (Å²) in [7, 11) is 0. The number of nitrogens with zero attached hydrogens (tertiary/aromatic N) is 3. The molecule has 1 N–H and O–H groups in total. The van der Waals surface area contributed by atoms with Crippen LogP contribution in [-0.4, -0.2) is 20.7 Å². The van der Waals surface area contributed by atoms with Crippen LogP contribution in [0, 0.1) is 6.92 Å². The second-order valence-electron chi connectivity index (χ2n) is 7.35. The van der Waals surface area contributed by atoms with Crippen molar-refractivity contribution in [3.8, 4) is 0 Å². The third-order valence-electron chi connectivity index (χ3n) is 5.13. The first-order valence-electron chi connectivity index (χ1n) is 9.44. The van der Waals surface area contributed by atoms with Gasteiger partial charge < -0.3 is 5.32 Å². The molecule has 4 rings (SSSR count). The molecule has 28 heavy (non-hydrogen) atoms. The van der Waals surface area contributed by atoms with Crippen molar-refractivity contribution >= 4 is 16.9 Å². The Kier molecular flexibility index (Phi) is 4.83. The number of halogens is 2. The van der Waals surface area contributed by atoms with Crippen LogP contribution in [0.2, 0.25) is 0 Å². The van der Waals surface area contributed by atoms with E-state index in [9.17, 15) is 13.6 Å². The maximum Gasteiger partial charge on any atom is 0.264 e. The summed E-state index contributed by atoms with van der Waals surface area (Å²) in [6, 6.07) is 11.0. The lowest BCUT2D eigenvalue weighted by Gasteiger charge is -2.14. The SMILES string of the molecule is Cc1nn(CC(=O)NC(C)c2ccccc2)c2nc(C3CC3)cc(C(F)F)c12. The lowest BCUT2D eigenvalue weighted by atomic mass is 10.1. The fraction of sp³-hybridized carbons (Fsp3) is 0.381. The largest absolute Gasteiger partial charge is 0.348 e. The molecule has 1 saturated carbocycles. The summed E-state index contributed by atoms with van der Waals surface area (Å²) < 4.78 is 28.7. The maximum absolute atomic E-state index is 13.6. The van der Waals surface area contributed by atoms with Gasteiger partial charge in [-0.2, -0.15) is 5.10 Å². The number of aryl methyl sites for hydroxylation is 1. The quantitative estimate of drug-likeness (QED) is 0.684. The number of nitrogens with one attached hydrogen (secondary N) is 1. The molecule has 1 unspecified atom stereocenters. The van der Waals surface area contributed by atoms with Crippen LogP contribution in [0.4, 0.5) is 8.78 Å². The highest BCUT2D eigenvalue weighted by Gasteiger charge is 2.29. The molecule has 3 aromatic rings. The van der Waals surface area contributed by atoms with Crippen LogP contribution in [0.1, 0.15) is 60.7 Å². The number of amides is 1. The first-order valence-corrected chi connectivity index (χ1v) is 9.44. The number of carbonyl (C=O) groups excluding carboxylic acids is 1. The summed E-state index contributed by atoms with van der Waals surface area (Å²) in [5.74, 6) is -0.00420. The van der Waals surface area contributed by atoms with E-state index >= 15 is 0 Å². The molecule has 0 aliphatic heterocycles. The molecule has 1 atom stereocenters. The van der Waals surface area contributed by atoms with Crippen molar-refractivity contribution in [2.45, 2.75) is 51.6 Å². The van der Waals surface area contributed by atoms with Crippen molar-refractivity contribution in [3.05, 3.63) is 58.9 Å². The second-order valence-corrected chi connectivity index (χ2v) is 7.35. The van der Waals surface area contributed by atoms with E-state index in [0.717, 1.165) is 18.4 Å². The number of hydrogen-bond acceptors (Lipinski definition) is 3. The van der Waals surface area contributed by atoms with Gasteiger partial charge in [0, 0.05) is 17.2 Å². The number of fused-ring (bicyclic) bond motifs is 1. The van der Waals surface area contributed by atoms with Gasteiger partial charge in [-0.15, -0.1) is 0 Å². The average molecular weight is 384 g/mol. The van der Waals surface area contributed by atoms with Crippen LogP contribution in [0.25, 0.3) is 11.0 Å². The number of benzene rings is 1. The van der Waals surface area contributed by atoms with Crippen molar-refractivity contribution < 1.29 is 13.6 Å². The Bertz CT molecular complexity index is 1010. The van der Waals surface area contributed by atoms with Gasteiger partial charge in [0.15, 0.2) is 5.65 Å². The Morgan fingerprint density at radius 1 is 1.29 bits per heavy atom. The van der Waals surface area contributed by atoms with Crippen LogP contribution in [0.5, 0.6) is 0 Å². The van der Waals surface area contributed by atoms with Crippen molar-refractivity contribution in [2.24, 2.45) is 0 Å². The average Bonchev–Trinajstić information content (AvgIpc) is 3.47. The van der Waals surface area contributed by atoms with E-state index in [0.29, 0.717) is 22.4 Å². The van der Waals surface area contributed by atoms with Crippen LogP contribution >= 0.6 is 0 Å². The number of pyridine rings is 1. The summed E-state index contributed by atoms with van der Waals surface area (Å²) in [6.07, 6.45) is -0.682. The van der Waals surface area contributed by atoms with E-state index in [1.54, 1.807) is 6.92 Å². The molecule has 2 heterocycles. The van der Waals surface area contributed by atoms with Crippen molar-refractivity contribution in [3.63, 3.8) is 0 Å². The van der Waals surface area contributed by atoms with E-state index < -0.39 is 6.43 Å². The molecule has 5 nitrogen and oxygen atoms in total. The van der Waals surface area contributed by atoms with Crippen LogP contribution < -0.4 is 5.32 Å². The van der Waals surface area contributed by atoms with Gasteiger partial charge in [-0.1, -0.05) is 30.3 Å². The fourth-order valence-electron chi connectivity index (χ4n) is 3.53. The molecule has 146 valence electrons. The second kappa shape index (κ2) is 7.30. The highest BCUT2D eigenvalue weighted by molar-refractivity contribution is 5.85. The van der Waals surface area contributed by atoms with E-state index in [1.165, 1.54) is 10.7 Å². The van der Waals surface area contributed by atoms with Crippen LogP contribution in [0.3, 0.4) is 0 Å². The monoisotopic (exact) mass is 384 g/mol. The lowest BCUT2D eigenvalue weighted by molar-refractivity contribution is -0.122. The summed E-state index contributed by atoms with van der Waals surface area (Å²) in [5, 5.41) is 7.61. The summed E-state index contributed by atoms with van der Waals surface area (Å²) >= 11 is 0. The topological polar surface area (TPSA) is 59.8 Å². The zero-order valence-electron chi connectivity index (χ0n) is 15.8. The first-order chi connectivity index (χ1) is 13.4. The first kappa shape index (κ1) is 18.5. The Morgan fingerprint density at radius 2 is 2.00 bits per heavy atom. The van der Waals surface area contributed by atoms with E-state index in [2.05, 4.69) is 15.4 Å². The third-order valence-corrected chi connectivity index (χ3v) is 5.13. The number of carbonyl (C=O) groups is 1. The predicted octanol–water partition coefficient (Wildman–Crippen LogP) is 4.43. The van der Waals surface area contributed by atoms with Gasteiger partial charge in [-0.25, -0.2) is 18.4 Å². The molecule has 1 amide bonds. The van der Waals surface area contributed by atoms with Gasteiger partial charge in [-0.3, -0.25) is 4.79 Å². The molecule has 1 fully saturated rings. The molecular formula is C21H22F2N4O. The molecule has 1 aliphatic rings. The number of hydrogen-bond donors (Lipinski definition) is 1. The zero-order valence-corrected chi connectivity index (χ0v) is 15.8. The number of alkyl halides is 2. The summed E-state index contributed by atoms with van der Waals surface area (Å²) in [4.78, 5) is 17.1.